The molecule has 1 fully saturated rings. The average molecular weight is 483 g/mol. The molecule has 3 heterocycles. The summed E-state index contributed by atoms with van der Waals surface area (Å²) in [7, 11) is -2.10. The molecule has 0 spiro atoms. The molecule has 2 aromatic carbocycles. The van der Waals surface area contributed by atoms with E-state index in [9.17, 15) is 18.3 Å². The number of carbonyl (C=O) groups is 1. The molecule has 0 radical (unpaired) electrons. The lowest BCUT2D eigenvalue weighted by atomic mass is 9.82. The van der Waals surface area contributed by atoms with E-state index >= 15 is 0 Å². The largest absolute Gasteiger partial charge is 0.487 e. The topological polar surface area (TPSA) is 87.2 Å². The first-order valence-corrected chi connectivity index (χ1v) is 13.1. The minimum absolute atomic E-state index is 0.211. The predicted molar refractivity (Wildman–Crippen MR) is 126 cm³/mol. The molecule has 1 aliphatic carbocycles. The Hall–Kier alpha value is -2.88. The molecule has 7 nitrogen and oxygen atoms in total. The number of carboxylic acids is 1. The van der Waals surface area contributed by atoms with Gasteiger partial charge in [-0.05, 0) is 43.0 Å². The Kier molecular flexibility index (Phi) is 4.59. The normalized spacial score (nSPS) is 21.4. The minimum Gasteiger partial charge on any atom is -0.487 e. The molecule has 1 N–H and O–H groups in total. The predicted octanol–water partition coefficient (Wildman–Crippen LogP) is 4.90. The third-order valence-electron chi connectivity index (χ3n) is 6.89. The fraction of sp³-hybridized carbons (Fsp3) is 0.292. The van der Waals surface area contributed by atoms with E-state index in [0.29, 0.717) is 17.0 Å². The van der Waals surface area contributed by atoms with Crippen molar-refractivity contribution in [1.29, 1.82) is 0 Å². The van der Waals surface area contributed by atoms with Crippen LogP contribution >= 0.6 is 11.3 Å². The molecule has 1 aromatic heterocycles. The molecule has 0 saturated heterocycles. The Morgan fingerprint density at radius 2 is 1.88 bits per heavy atom. The summed E-state index contributed by atoms with van der Waals surface area (Å²) in [5.41, 5.74) is 2.88. The van der Waals surface area contributed by atoms with Crippen molar-refractivity contribution < 1.29 is 23.1 Å². The highest BCUT2D eigenvalue weighted by Crippen LogP contribution is 2.51. The van der Waals surface area contributed by atoms with Gasteiger partial charge in [0, 0.05) is 29.9 Å². The van der Waals surface area contributed by atoms with Crippen LogP contribution in [0, 0.1) is 5.92 Å². The molecule has 6 rings (SSSR count). The third kappa shape index (κ3) is 3.03. The van der Waals surface area contributed by atoms with Crippen molar-refractivity contribution >= 4 is 38.7 Å². The monoisotopic (exact) mass is 482 g/mol. The number of benzene rings is 2. The second kappa shape index (κ2) is 7.31. The summed E-state index contributed by atoms with van der Waals surface area (Å²) in [6.45, 7) is 0.267. The summed E-state index contributed by atoms with van der Waals surface area (Å²) in [5.74, 6) is -0.180. The van der Waals surface area contributed by atoms with Crippen molar-refractivity contribution in [2.45, 2.75) is 36.9 Å². The van der Waals surface area contributed by atoms with Gasteiger partial charge in [0.2, 0.25) is 10.0 Å². The van der Waals surface area contributed by atoms with Gasteiger partial charge in [-0.25, -0.2) is 13.2 Å². The number of para-hydroxylation sites is 1. The molecule has 2 aliphatic heterocycles. The summed E-state index contributed by atoms with van der Waals surface area (Å²) in [6.07, 6.45) is 2.77. The van der Waals surface area contributed by atoms with E-state index in [2.05, 4.69) is 4.90 Å². The van der Waals surface area contributed by atoms with Crippen molar-refractivity contribution in [3.05, 3.63) is 58.3 Å². The lowest BCUT2D eigenvalue weighted by molar-refractivity contribution is 0.0702. The van der Waals surface area contributed by atoms with Gasteiger partial charge in [-0.15, -0.1) is 11.3 Å². The number of ether oxygens (including phenoxy) is 1. The summed E-state index contributed by atoms with van der Waals surface area (Å²) in [6, 6.07) is 14.9. The van der Waals surface area contributed by atoms with Crippen LogP contribution in [0.3, 0.4) is 0 Å². The Morgan fingerprint density at radius 3 is 2.55 bits per heavy atom. The molecule has 3 aliphatic rings. The zero-order valence-electron chi connectivity index (χ0n) is 17.9. The number of carboxylic acid groups (broad SMARTS) is 1. The molecular weight excluding hydrogens is 460 g/mol. The van der Waals surface area contributed by atoms with E-state index in [0.717, 1.165) is 46.7 Å². The molecule has 33 heavy (non-hydrogen) atoms. The lowest BCUT2D eigenvalue weighted by Gasteiger charge is -2.49. The van der Waals surface area contributed by atoms with Crippen molar-refractivity contribution in [3.8, 4) is 16.9 Å². The van der Waals surface area contributed by atoms with Crippen molar-refractivity contribution in [3.63, 3.8) is 0 Å². The van der Waals surface area contributed by atoms with Gasteiger partial charge in [-0.2, -0.15) is 4.31 Å². The van der Waals surface area contributed by atoms with Crippen LogP contribution in [-0.4, -0.2) is 37.0 Å². The van der Waals surface area contributed by atoms with Crippen LogP contribution in [0.15, 0.2) is 53.4 Å². The Morgan fingerprint density at radius 1 is 1.12 bits per heavy atom. The Labute approximate surface area is 195 Å². The van der Waals surface area contributed by atoms with Gasteiger partial charge in [0.15, 0.2) is 0 Å². The molecular formula is C24H22N2O5S2. The maximum Gasteiger partial charge on any atom is 0.345 e. The maximum absolute atomic E-state index is 13.7. The van der Waals surface area contributed by atoms with Gasteiger partial charge in [0.25, 0.3) is 0 Å². The summed E-state index contributed by atoms with van der Waals surface area (Å²) >= 11 is 1.16. The number of anilines is 2. The Bertz CT molecular complexity index is 1380. The van der Waals surface area contributed by atoms with Crippen LogP contribution in [0.4, 0.5) is 11.4 Å². The van der Waals surface area contributed by atoms with E-state index < -0.39 is 16.0 Å². The van der Waals surface area contributed by atoms with E-state index in [-0.39, 0.29) is 28.5 Å². The van der Waals surface area contributed by atoms with Crippen LogP contribution < -0.4 is 9.64 Å². The molecule has 9 heteroatoms. The zero-order chi connectivity index (χ0) is 22.9. The SMILES string of the molecule is CN1[C@H](C2CCC2)N(c2ccccc2)c2cc3c(cc2S1(=O)=O)-c1cc(C(=O)O)sc1CO3. The second-order valence-corrected chi connectivity index (χ2v) is 11.8. The number of fused-ring (bicyclic) bond motifs is 4. The number of aromatic carboxylic acids is 1. The lowest BCUT2D eigenvalue weighted by Crippen LogP contribution is -2.56. The first-order chi connectivity index (χ1) is 15.9. The van der Waals surface area contributed by atoms with E-state index in [1.54, 1.807) is 19.2 Å². The van der Waals surface area contributed by atoms with Crippen LogP contribution in [0.5, 0.6) is 5.75 Å². The highest BCUT2D eigenvalue weighted by molar-refractivity contribution is 7.89. The molecule has 0 amide bonds. The maximum atomic E-state index is 13.7. The Balaban J connectivity index is 1.59. The number of rotatable bonds is 3. The first kappa shape index (κ1) is 20.7. The number of hydrogen-bond donors (Lipinski definition) is 1. The third-order valence-corrected chi connectivity index (χ3v) is 9.84. The molecule has 0 bridgehead atoms. The zero-order valence-corrected chi connectivity index (χ0v) is 19.5. The van der Waals surface area contributed by atoms with E-state index in [4.69, 9.17) is 4.74 Å². The van der Waals surface area contributed by atoms with Gasteiger partial charge in [0.1, 0.15) is 28.3 Å². The minimum atomic E-state index is -3.75. The van der Waals surface area contributed by atoms with Crippen molar-refractivity contribution in [1.82, 2.24) is 4.31 Å². The number of thiophene rings is 1. The summed E-state index contributed by atoms with van der Waals surface area (Å²) in [5, 5.41) is 9.42. The molecule has 1 saturated carbocycles. The quantitative estimate of drug-likeness (QED) is 0.571. The second-order valence-electron chi connectivity index (χ2n) is 8.69. The van der Waals surface area contributed by atoms with Crippen LogP contribution in [0.25, 0.3) is 11.1 Å². The van der Waals surface area contributed by atoms with Crippen molar-refractivity contribution in [2.75, 3.05) is 11.9 Å². The van der Waals surface area contributed by atoms with E-state index in [1.165, 1.54) is 4.31 Å². The average Bonchev–Trinajstić information content (AvgIpc) is 3.21. The van der Waals surface area contributed by atoms with Gasteiger partial charge in [-0.3, -0.25) is 0 Å². The van der Waals surface area contributed by atoms with Crippen molar-refractivity contribution in [2.24, 2.45) is 5.92 Å². The highest BCUT2D eigenvalue weighted by atomic mass is 32.2. The summed E-state index contributed by atoms with van der Waals surface area (Å²) < 4.78 is 34.9. The molecule has 3 aromatic rings. The van der Waals surface area contributed by atoms with E-state index in [1.807, 2.05) is 36.4 Å². The highest BCUT2D eigenvalue weighted by Gasteiger charge is 2.47. The van der Waals surface area contributed by atoms with Gasteiger partial charge in [0.05, 0.1) is 10.6 Å². The molecule has 1 atom stereocenters. The van der Waals surface area contributed by atoms with Crippen LogP contribution in [-0.2, 0) is 16.6 Å². The smallest absolute Gasteiger partial charge is 0.345 e. The molecule has 0 unspecified atom stereocenters. The number of sulfonamides is 1. The van der Waals surface area contributed by atoms with Crippen LogP contribution in [0.1, 0.15) is 33.8 Å². The van der Waals surface area contributed by atoms with Gasteiger partial charge >= 0.3 is 5.97 Å². The van der Waals surface area contributed by atoms with Gasteiger partial charge in [-0.1, -0.05) is 24.6 Å². The summed E-state index contributed by atoms with van der Waals surface area (Å²) in [4.78, 5) is 14.8. The standard InChI is InChI=1S/C24H22N2O5S2/c1-25-23(14-6-5-7-14)26(15-8-3-2-4-9-15)18-12-19-16(11-22(18)33(25,29)30)17-10-20(24(27)28)32-21(17)13-31-19/h2-4,8-12,14,23H,5-7,13H2,1H3,(H,27,28)/t23-/m0/s1. The first-order valence-electron chi connectivity index (χ1n) is 10.9. The van der Waals surface area contributed by atoms with Gasteiger partial charge < -0.3 is 14.7 Å². The fourth-order valence-corrected chi connectivity index (χ4v) is 7.49. The molecule has 170 valence electrons. The fourth-order valence-electron chi connectivity index (χ4n) is 5.02. The van der Waals surface area contributed by atoms with Crippen LogP contribution in [0.2, 0.25) is 0 Å². The number of hydrogen-bond acceptors (Lipinski definition) is 6. The number of nitrogens with zero attached hydrogens (tertiary/aromatic N) is 2.